The molecule has 386 valence electrons. The van der Waals surface area contributed by atoms with E-state index in [1.165, 1.54) is 116 Å². The van der Waals surface area contributed by atoms with E-state index in [0.717, 1.165) is 39.0 Å². The Balaban J connectivity index is 0.00000553. The topological polar surface area (TPSA) is 33.5 Å². The molecule has 14 rings (SSSR count). The van der Waals surface area contributed by atoms with Crippen molar-refractivity contribution in [3.8, 4) is 17.3 Å². The maximum Gasteiger partial charge on any atom is 0.135 e. The smallest absolute Gasteiger partial charge is 0.135 e. The van der Waals surface area contributed by atoms with Crippen molar-refractivity contribution >= 4 is 44.6 Å². The molecule has 3 heterocycles. The molecule has 9 aromatic rings. The number of pyridine rings is 1. The quantitative estimate of drug-likeness (QED) is 0.135. The number of para-hydroxylation sites is 4. The number of anilines is 4. The summed E-state index contributed by atoms with van der Waals surface area (Å²) in [5.74, 6) is 4.41. The minimum Gasteiger partial charge on any atom is -0.509 e. The van der Waals surface area contributed by atoms with Gasteiger partial charge in [0.1, 0.15) is 5.82 Å². The summed E-state index contributed by atoms with van der Waals surface area (Å²) in [5, 5.41) is 2.27. The molecule has 5 aliphatic rings. The van der Waals surface area contributed by atoms with E-state index in [4.69, 9.17) is 9.72 Å². The second-order valence-electron chi connectivity index (χ2n) is 23.6. The van der Waals surface area contributed by atoms with Crippen LogP contribution in [0, 0.1) is 42.5 Å². The van der Waals surface area contributed by atoms with Crippen molar-refractivity contribution in [3.05, 3.63) is 223 Å². The van der Waals surface area contributed by atoms with Crippen LogP contribution < -0.4 is 14.5 Å². The minimum atomic E-state index is -0.115. The molecule has 4 bridgehead atoms. The maximum atomic E-state index is 6.86. The van der Waals surface area contributed by atoms with Crippen LogP contribution in [0.4, 0.5) is 22.7 Å². The first-order chi connectivity index (χ1) is 36.8. The Morgan fingerprint density at radius 1 is 0.526 bits per heavy atom. The molecule has 4 fully saturated rings. The molecule has 0 spiro atoms. The molecular formula is C70H67N4OPt-3. The monoisotopic (exact) mass is 1170 g/mol. The summed E-state index contributed by atoms with van der Waals surface area (Å²) in [7, 11) is 0. The Kier molecular flexibility index (Phi) is 12.6. The third kappa shape index (κ3) is 7.75. The SMILES string of the molecule is CC(C)(C)c1ccnc(-n2c3[c-]c(Oc4[c-]c(N5[CH-]N(c6c(C7(c8ccccc8)C8CCCC7CCC8)cccc6C6(c7ccccc7)C7CCCC6CCC7)c6ccccc65)ccc4)ccc3c3ccccc32)c1.[Pt]. The second kappa shape index (κ2) is 19.5. The van der Waals surface area contributed by atoms with Crippen molar-refractivity contribution < 1.29 is 25.8 Å². The zero-order valence-electron chi connectivity index (χ0n) is 44.1. The number of nitrogens with zero attached hydrogens (tertiary/aromatic N) is 4. The molecule has 4 aliphatic carbocycles. The van der Waals surface area contributed by atoms with Crippen LogP contribution in [-0.4, -0.2) is 9.55 Å². The zero-order valence-corrected chi connectivity index (χ0v) is 46.4. The van der Waals surface area contributed by atoms with Gasteiger partial charge in [0.05, 0.1) is 0 Å². The number of benzene rings is 7. The van der Waals surface area contributed by atoms with Crippen LogP contribution in [0.5, 0.6) is 11.5 Å². The average molecular weight is 1180 g/mol. The summed E-state index contributed by atoms with van der Waals surface area (Å²) in [6, 6.07) is 71.3. The average Bonchev–Trinajstić information content (AvgIpc) is 4.13. The van der Waals surface area contributed by atoms with E-state index in [-0.39, 0.29) is 37.3 Å². The molecule has 0 radical (unpaired) electrons. The molecule has 6 heteroatoms. The summed E-state index contributed by atoms with van der Waals surface area (Å²) in [4.78, 5) is 9.94. The first-order valence-electron chi connectivity index (χ1n) is 28.2. The Labute approximate surface area is 464 Å². The zero-order chi connectivity index (χ0) is 50.3. The van der Waals surface area contributed by atoms with E-state index >= 15 is 0 Å². The van der Waals surface area contributed by atoms with Crippen LogP contribution in [0.15, 0.2) is 176 Å². The molecule has 2 aromatic heterocycles. The van der Waals surface area contributed by atoms with Crippen LogP contribution in [-0.2, 0) is 37.3 Å². The Morgan fingerprint density at radius 3 is 1.64 bits per heavy atom. The first-order valence-corrected chi connectivity index (χ1v) is 28.2. The molecule has 4 saturated carbocycles. The molecule has 1 aliphatic heterocycles. The van der Waals surface area contributed by atoms with Gasteiger partial charge in [0.25, 0.3) is 0 Å². The van der Waals surface area contributed by atoms with E-state index < -0.39 is 0 Å². The van der Waals surface area contributed by atoms with Crippen LogP contribution in [0.1, 0.15) is 126 Å². The van der Waals surface area contributed by atoms with Gasteiger partial charge in [0.2, 0.25) is 0 Å². The standard InChI is InChI=1S/C70H67N4O.Pt/c1-68(2,3)54-42-43-71-66(44-54)74-62-37-11-10-34-58(62)59-41-40-57(46-65(59)74)75-56-33-18-32-55(45-56)72-47-73(64-39-13-12-38-63(64)72)67-60(69(48-20-6-4-7-21-48)50-24-14-25-51(69)27-15-26-50)35-19-36-61(67)70(49-22-8-5-9-23-49)52-28-16-29-53(70)31-17-30-52;/h4-13,18-23,32-44,47,50-53H,14-17,24-31H2,1-3H3;/q-3;. The third-order valence-corrected chi connectivity index (χ3v) is 18.9. The van der Waals surface area contributed by atoms with Gasteiger partial charge in [-0.25, -0.2) is 4.98 Å². The molecular weight excluding hydrogens is 1110 g/mol. The van der Waals surface area contributed by atoms with Crippen molar-refractivity contribution in [3.63, 3.8) is 0 Å². The molecule has 7 aromatic carbocycles. The normalized spacial score (nSPS) is 24.0. The van der Waals surface area contributed by atoms with Gasteiger partial charge in [0.15, 0.2) is 0 Å². The summed E-state index contributed by atoms with van der Waals surface area (Å²) in [6.07, 6.45) is 17.3. The fourth-order valence-corrected chi connectivity index (χ4v) is 16.0. The molecule has 0 saturated heterocycles. The van der Waals surface area contributed by atoms with Gasteiger partial charge in [-0.05, 0) is 144 Å². The molecule has 5 nitrogen and oxygen atoms in total. The second-order valence-corrected chi connectivity index (χ2v) is 23.6. The molecule has 0 amide bonds. The van der Waals surface area contributed by atoms with E-state index in [9.17, 15) is 0 Å². The van der Waals surface area contributed by atoms with E-state index in [1.807, 2.05) is 18.3 Å². The van der Waals surface area contributed by atoms with E-state index in [1.54, 1.807) is 0 Å². The maximum absolute atomic E-state index is 6.86. The largest absolute Gasteiger partial charge is 0.509 e. The van der Waals surface area contributed by atoms with E-state index in [0.29, 0.717) is 35.2 Å². The number of aromatic nitrogens is 2. The summed E-state index contributed by atoms with van der Waals surface area (Å²) in [5.41, 5.74) is 13.7. The number of ether oxygens (including phenoxy) is 1. The van der Waals surface area contributed by atoms with Gasteiger partial charge in [-0.1, -0.05) is 161 Å². The number of rotatable bonds is 9. The molecule has 0 atom stereocenters. The van der Waals surface area contributed by atoms with Crippen molar-refractivity contribution in [1.29, 1.82) is 0 Å². The molecule has 76 heavy (non-hydrogen) atoms. The molecule has 0 N–H and O–H groups in total. The van der Waals surface area contributed by atoms with Crippen molar-refractivity contribution in [1.82, 2.24) is 9.55 Å². The predicted molar refractivity (Wildman–Crippen MR) is 307 cm³/mol. The Bertz CT molecular complexity index is 3440. The summed E-state index contributed by atoms with van der Waals surface area (Å²) in [6.45, 7) is 9.15. The predicted octanol–water partition coefficient (Wildman–Crippen LogP) is 18.0. The van der Waals surface area contributed by atoms with Gasteiger partial charge < -0.3 is 19.1 Å². The third-order valence-electron chi connectivity index (χ3n) is 18.9. The molecule has 0 unspecified atom stereocenters. The Morgan fingerprint density at radius 2 is 1.05 bits per heavy atom. The van der Waals surface area contributed by atoms with Gasteiger partial charge in [0, 0.05) is 72.2 Å². The number of fused-ring (bicyclic) bond motifs is 8. The van der Waals surface area contributed by atoms with Crippen LogP contribution >= 0.6 is 0 Å². The van der Waals surface area contributed by atoms with E-state index in [2.05, 4.69) is 212 Å². The number of hydrogen-bond donors (Lipinski definition) is 0. The fraction of sp³-hybridized carbons (Fsp3) is 0.314. The number of hydrogen-bond acceptors (Lipinski definition) is 4. The fourth-order valence-electron chi connectivity index (χ4n) is 16.0. The summed E-state index contributed by atoms with van der Waals surface area (Å²) < 4.78 is 9.09. The van der Waals surface area contributed by atoms with Crippen LogP contribution in [0.2, 0.25) is 0 Å². The minimum absolute atomic E-state index is 0. The Hall–Kier alpha value is -6.42. The van der Waals surface area contributed by atoms with Gasteiger partial charge in [-0.15, -0.1) is 48.1 Å². The van der Waals surface area contributed by atoms with Crippen molar-refractivity contribution in [2.75, 3.05) is 9.80 Å². The summed E-state index contributed by atoms with van der Waals surface area (Å²) >= 11 is 0. The van der Waals surface area contributed by atoms with Gasteiger partial charge >= 0.3 is 0 Å². The van der Waals surface area contributed by atoms with Gasteiger partial charge in [-0.3, -0.25) is 0 Å². The first kappa shape index (κ1) is 49.2. The van der Waals surface area contributed by atoms with Crippen molar-refractivity contribution in [2.45, 2.75) is 114 Å². The van der Waals surface area contributed by atoms with Crippen molar-refractivity contribution in [2.24, 2.45) is 23.7 Å². The van der Waals surface area contributed by atoms with Crippen LogP contribution in [0.25, 0.3) is 27.6 Å². The van der Waals surface area contributed by atoms with Crippen LogP contribution in [0.3, 0.4) is 0 Å². The van der Waals surface area contributed by atoms with Gasteiger partial charge in [-0.2, -0.15) is 12.1 Å².